The molecule has 0 rings (SSSR count). The lowest BCUT2D eigenvalue weighted by Gasteiger charge is -2.08. The van der Waals surface area contributed by atoms with Crippen LogP contribution < -0.4 is 5.32 Å². The van der Waals surface area contributed by atoms with E-state index in [0.29, 0.717) is 6.42 Å². The summed E-state index contributed by atoms with van der Waals surface area (Å²) in [4.78, 5) is 21.0. The Hall–Kier alpha value is -1.58. The molecule has 0 aliphatic heterocycles. The lowest BCUT2D eigenvalue weighted by atomic mass is 10.2. The second-order valence-electron chi connectivity index (χ2n) is 2.61. The smallest absolute Gasteiger partial charge is 0.328 e. The van der Waals surface area contributed by atoms with E-state index in [4.69, 9.17) is 5.11 Å². The molecule has 4 nitrogen and oxygen atoms in total. The van der Waals surface area contributed by atoms with Crippen molar-refractivity contribution in [1.82, 2.24) is 5.32 Å². The van der Waals surface area contributed by atoms with Gasteiger partial charge in [-0.2, -0.15) is 0 Å². The number of amides is 1. The fourth-order valence-electron chi connectivity index (χ4n) is 0.747. The molecule has 1 unspecified atom stereocenters. The summed E-state index contributed by atoms with van der Waals surface area (Å²) >= 11 is 0. The molecule has 0 aromatic carbocycles. The third kappa shape index (κ3) is 6.80. The minimum Gasteiger partial charge on any atom is -0.478 e. The zero-order valence-electron chi connectivity index (χ0n) is 7.49. The van der Waals surface area contributed by atoms with Gasteiger partial charge in [-0.25, -0.2) is 4.79 Å². The van der Waals surface area contributed by atoms with E-state index in [1.165, 1.54) is 0 Å². The third-order valence-corrected chi connectivity index (χ3v) is 1.29. The number of rotatable bonds is 5. The largest absolute Gasteiger partial charge is 0.478 e. The lowest BCUT2D eigenvalue weighted by Crippen LogP contribution is -2.30. The summed E-state index contributed by atoms with van der Waals surface area (Å²) in [6, 6.07) is -0.0246. The first kappa shape index (κ1) is 11.4. The molecule has 4 heteroatoms. The summed E-state index contributed by atoms with van der Waals surface area (Å²) in [6.45, 7) is 5.33. The Kier molecular flexibility index (Phi) is 5.27. The molecule has 0 aromatic heterocycles. The summed E-state index contributed by atoms with van der Waals surface area (Å²) in [6.07, 6.45) is 4.14. The van der Waals surface area contributed by atoms with Crippen LogP contribution in [0.2, 0.25) is 0 Å². The zero-order chi connectivity index (χ0) is 10.3. The summed E-state index contributed by atoms with van der Waals surface area (Å²) in [5.41, 5.74) is 0. The number of nitrogens with one attached hydrogen (secondary N) is 1. The van der Waals surface area contributed by atoms with Crippen LogP contribution >= 0.6 is 0 Å². The Morgan fingerprint density at radius 2 is 2.15 bits per heavy atom. The Labute approximate surface area is 76.9 Å². The van der Waals surface area contributed by atoms with Crippen molar-refractivity contribution >= 4 is 11.9 Å². The fraction of sp³-hybridized carbons (Fsp3) is 0.333. The molecule has 2 N–H and O–H groups in total. The van der Waals surface area contributed by atoms with Gasteiger partial charge in [0, 0.05) is 18.2 Å². The molecule has 0 spiro atoms. The number of carboxylic acid groups (broad SMARTS) is 1. The number of hydrogen-bond acceptors (Lipinski definition) is 2. The Balaban J connectivity index is 3.86. The van der Waals surface area contributed by atoms with Gasteiger partial charge in [0.25, 0.3) is 0 Å². The SMILES string of the molecule is C=CCC(C)NC(=O)/C=C/C(=O)O. The monoisotopic (exact) mass is 183 g/mol. The highest BCUT2D eigenvalue weighted by Crippen LogP contribution is 1.90. The van der Waals surface area contributed by atoms with Crippen LogP contribution in [0.4, 0.5) is 0 Å². The van der Waals surface area contributed by atoms with Crippen LogP contribution in [0.5, 0.6) is 0 Å². The Morgan fingerprint density at radius 1 is 1.54 bits per heavy atom. The minimum atomic E-state index is -1.13. The van der Waals surface area contributed by atoms with Gasteiger partial charge in [-0.1, -0.05) is 6.08 Å². The predicted octanol–water partition coefficient (Wildman–Crippen LogP) is 0.708. The van der Waals surface area contributed by atoms with E-state index in [9.17, 15) is 9.59 Å². The van der Waals surface area contributed by atoms with Gasteiger partial charge in [-0.3, -0.25) is 4.79 Å². The Bertz CT molecular complexity index is 233. The quantitative estimate of drug-likeness (QED) is 0.487. The van der Waals surface area contributed by atoms with E-state index in [0.717, 1.165) is 12.2 Å². The Morgan fingerprint density at radius 3 is 2.62 bits per heavy atom. The van der Waals surface area contributed by atoms with Gasteiger partial charge in [-0.05, 0) is 13.3 Å². The molecule has 0 heterocycles. The molecule has 0 aliphatic carbocycles. The van der Waals surface area contributed by atoms with Crippen LogP contribution in [0.1, 0.15) is 13.3 Å². The normalized spacial score (nSPS) is 12.4. The number of carbonyl (C=O) groups excluding carboxylic acids is 1. The molecule has 72 valence electrons. The van der Waals surface area contributed by atoms with E-state index in [2.05, 4.69) is 11.9 Å². The second-order valence-corrected chi connectivity index (χ2v) is 2.61. The van der Waals surface area contributed by atoms with Crippen molar-refractivity contribution < 1.29 is 14.7 Å². The topological polar surface area (TPSA) is 66.4 Å². The van der Waals surface area contributed by atoms with Crippen molar-refractivity contribution in [2.24, 2.45) is 0 Å². The summed E-state index contributed by atoms with van der Waals surface area (Å²) in [5.74, 6) is -1.54. The van der Waals surface area contributed by atoms with Crippen molar-refractivity contribution in [3.63, 3.8) is 0 Å². The van der Waals surface area contributed by atoms with Crippen LogP contribution in [0, 0.1) is 0 Å². The highest BCUT2D eigenvalue weighted by Gasteiger charge is 2.01. The lowest BCUT2D eigenvalue weighted by molar-refractivity contribution is -0.131. The maximum absolute atomic E-state index is 10.9. The summed E-state index contributed by atoms with van der Waals surface area (Å²) < 4.78 is 0. The molecular weight excluding hydrogens is 170 g/mol. The number of carboxylic acids is 1. The molecule has 0 fully saturated rings. The molecule has 0 bridgehead atoms. The number of aliphatic carboxylic acids is 1. The van der Waals surface area contributed by atoms with E-state index in [1.54, 1.807) is 6.08 Å². The number of hydrogen-bond donors (Lipinski definition) is 2. The second kappa shape index (κ2) is 5.99. The van der Waals surface area contributed by atoms with Crippen molar-refractivity contribution in [3.8, 4) is 0 Å². The van der Waals surface area contributed by atoms with Crippen molar-refractivity contribution in [3.05, 3.63) is 24.8 Å². The van der Waals surface area contributed by atoms with Gasteiger partial charge in [0.15, 0.2) is 0 Å². The van der Waals surface area contributed by atoms with Crippen LogP contribution in [-0.2, 0) is 9.59 Å². The molecule has 0 saturated heterocycles. The van der Waals surface area contributed by atoms with Gasteiger partial charge < -0.3 is 10.4 Å². The molecule has 0 aliphatic rings. The van der Waals surface area contributed by atoms with Gasteiger partial charge >= 0.3 is 5.97 Å². The molecular formula is C9H13NO3. The van der Waals surface area contributed by atoms with Gasteiger partial charge in [0.2, 0.25) is 5.91 Å². The van der Waals surface area contributed by atoms with Crippen LogP contribution in [0.3, 0.4) is 0 Å². The fourth-order valence-corrected chi connectivity index (χ4v) is 0.747. The van der Waals surface area contributed by atoms with Crippen LogP contribution in [0.25, 0.3) is 0 Å². The molecule has 0 saturated carbocycles. The predicted molar refractivity (Wildman–Crippen MR) is 49.2 cm³/mol. The zero-order valence-corrected chi connectivity index (χ0v) is 7.49. The average molecular weight is 183 g/mol. The maximum Gasteiger partial charge on any atom is 0.328 e. The first-order valence-corrected chi connectivity index (χ1v) is 3.88. The molecule has 1 amide bonds. The molecule has 0 aromatic rings. The standard InChI is InChI=1S/C9H13NO3/c1-3-4-7(2)10-8(11)5-6-9(12)13/h3,5-7H,1,4H2,2H3,(H,10,11)(H,12,13)/b6-5+. The van der Waals surface area contributed by atoms with E-state index in [1.807, 2.05) is 6.92 Å². The van der Waals surface area contributed by atoms with E-state index >= 15 is 0 Å². The van der Waals surface area contributed by atoms with Crippen molar-refractivity contribution in [2.75, 3.05) is 0 Å². The first-order valence-electron chi connectivity index (χ1n) is 3.88. The minimum absolute atomic E-state index is 0.0246. The molecule has 0 radical (unpaired) electrons. The van der Waals surface area contributed by atoms with Crippen LogP contribution in [-0.4, -0.2) is 23.0 Å². The summed E-state index contributed by atoms with van der Waals surface area (Å²) in [5, 5.41) is 10.8. The molecule has 1 atom stereocenters. The maximum atomic E-state index is 10.9. The van der Waals surface area contributed by atoms with Crippen LogP contribution in [0.15, 0.2) is 24.8 Å². The average Bonchev–Trinajstić information content (AvgIpc) is 2.01. The first-order chi connectivity index (χ1) is 6.06. The number of carbonyl (C=O) groups is 2. The molecule has 13 heavy (non-hydrogen) atoms. The highest BCUT2D eigenvalue weighted by molar-refractivity contribution is 5.93. The van der Waals surface area contributed by atoms with E-state index < -0.39 is 11.9 Å². The highest BCUT2D eigenvalue weighted by atomic mass is 16.4. The van der Waals surface area contributed by atoms with Gasteiger partial charge in [0.05, 0.1) is 0 Å². The van der Waals surface area contributed by atoms with E-state index in [-0.39, 0.29) is 6.04 Å². The van der Waals surface area contributed by atoms with Gasteiger partial charge in [-0.15, -0.1) is 6.58 Å². The van der Waals surface area contributed by atoms with Crippen molar-refractivity contribution in [1.29, 1.82) is 0 Å². The summed E-state index contributed by atoms with van der Waals surface area (Å²) in [7, 11) is 0. The third-order valence-electron chi connectivity index (χ3n) is 1.29. The van der Waals surface area contributed by atoms with Gasteiger partial charge in [0.1, 0.15) is 0 Å². The van der Waals surface area contributed by atoms with Crippen molar-refractivity contribution in [2.45, 2.75) is 19.4 Å².